The topological polar surface area (TPSA) is 71.1 Å². The minimum Gasteiger partial charge on any atom is -0.409 e. The van der Waals surface area contributed by atoms with Crippen molar-refractivity contribution in [1.82, 2.24) is 0 Å². The molecule has 5 nitrogen and oxygen atoms in total. The van der Waals surface area contributed by atoms with Gasteiger partial charge in [-0.3, -0.25) is 0 Å². The fraction of sp³-hybridized carbons (Fsp3) is 0.462. The fourth-order valence-corrected chi connectivity index (χ4v) is 1.82. The molecule has 0 spiro atoms. The highest BCUT2D eigenvalue weighted by atomic mass is 16.5. The molecule has 1 aromatic rings. The Morgan fingerprint density at radius 3 is 2.72 bits per heavy atom. The van der Waals surface area contributed by atoms with E-state index in [1.165, 1.54) is 0 Å². The van der Waals surface area contributed by atoms with Crippen LogP contribution in [0.15, 0.2) is 23.4 Å². The van der Waals surface area contributed by atoms with Gasteiger partial charge in [-0.1, -0.05) is 5.16 Å². The lowest BCUT2D eigenvalue weighted by molar-refractivity contribution is 0.183. The van der Waals surface area contributed by atoms with Gasteiger partial charge >= 0.3 is 0 Å². The molecule has 0 aliphatic rings. The van der Waals surface area contributed by atoms with Gasteiger partial charge in [-0.2, -0.15) is 0 Å². The van der Waals surface area contributed by atoms with Gasteiger partial charge in [-0.15, -0.1) is 0 Å². The zero-order valence-corrected chi connectivity index (χ0v) is 11.3. The number of ether oxygens (including phenoxy) is 1. The van der Waals surface area contributed by atoms with Crippen LogP contribution in [0.3, 0.4) is 0 Å². The summed E-state index contributed by atoms with van der Waals surface area (Å²) in [5, 5.41) is 11.7. The van der Waals surface area contributed by atoms with Crippen LogP contribution in [0.5, 0.6) is 0 Å². The molecule has 0 aliphatic carbocycles. The van der Waals surface area contributed by atoms with Crippen LogP contribution in [-0.4, -0.2) is 37.8 Å². The van der Waals surface area contributed by atoms with Crippen molar-refractivity contribution in [2.45, 2.75) is 19.9 Å². The molecule has 100 valence electrons. The van der Waals surface area contributed by atoms with E-state index in [0.29, 0.717) is 6.61 Å². The molecule has 1 aromatic carbocycles. The van der Waals surface area contributed by atoms with Crippen LogP contribution in [0, 0.1) is 6.92 Å². The van der Waals surface area contributed by atoms with E-state index in [-0.39, 0.29) is 11.9 Å². The maximum atomic E-state index is 8.69. The quantitative estimate of drug-likeness (QED) is 0.360. The van der Waals surface area contributed by atoms with Crippen molar-refractivity contribution in [3.05, 3.63) is 29.3 Å². The molecule has 0 saturated heterocycles. The Morgan fingerprint density at radius 2 is 2.22 bits per heavy atom. The smallest absolute Gasteiger partial charge is 0.170 e. The number of nitrogens with two attached hydrogens (primary N) is 1. The Kier molecular flexibility index (Phi) is 4.97. The van der Waals surface area contributed by atoms with E-state index in [1.807, 2.05) is 32.2 Å². The minimum absolute atomic E-state index is 0.131. The van der Waals surface area contributed by atoms with Crippen LogP contribution in [0.2, 0.25) is 0 Å². The van der Waals surface area contributed by atoms with Crippen LogP contribution >= 0.6 is 0 Å². The molecule has 0 amide bonds. The summed E-state index contributed by atoms with van der Waals surface area (Å²) in [4.78, 5) is 2.13. The molecule has 1 rings (SSSR count). The van der Waals surface area contributed by atoms with Crippen LogP contribution in [0.25, 0.3) is 0 Å². The Balaban J connectivity index is 2.97. The number of rotatable bonds is 5. The summed E-state index contributed by atoms with van der Waals surface area (Å²) < 4.78 is 5.14. The van der Waals surface area contributed by atoms with E-state index < -0.39 is 0 Å². The van der Waals surface area contributed by atoms with Crippen LogP contribution < -0.4 is 10.6 Å². The maximum absolute atomic E-state index is 8.69. The van der Waals surface area contributed by atoms with Crippen molar-refractivity contribution < 1.29 is 9.94 Å². The van der Waals surface area contributed by atoms with Crippen molar-refractivity contribution in [1.29, 1.82) is 0 Å². The molecule has 1 atom stereocenters. The van der Waals surface area contributed by atoms with Crippen molar-refractivity contribution in [2.75, 3.05) is 25.7 Å². The van der Waals surface area contributed by atoms with Crippen molar-refractivity contribution >= 4 is 11.5 Å². The lowest BCUT2D eigenvalue weighted by Gasteiger charge is -2.27. The first-order valence-electron chi connectivity index (χ1n) is 5.81. The monoisotopic (exact) mass is 251 g/mol. The van der Waals surface area contributed by atoms with Crippen LogP contribution in [0.1, 0.15) is 18.1 Å². The van der Waals surface area contributed by atoms with Gasteiger partial charge in [0, 0.05) is 31.5 Å². The average molecular weight is 251 g/mol. The number of nitrogens with zero attached hydrogens (tertiary/aromatic N) is 2. The van der Waals surface area contributed by atoms with E-state index in [0.717, 1.165) is 16.8 Å². The third-order valence-electron chi connectivity index (χ3n) is 3.07. The molecule has 0 saturated carbocycles. The van der Waals surface area contributed by atoms with Crippen molar-refractivity contribution in [2.24, 2.45) is 10.9 Å². The van der Waals surface area contributed by atoms with E-state index in [1.54, 1.807) is 7.11 Å². The highest BCUT2D eigenvalue weighted by Gasteiger charge is 2.11. The molecule has 5 heteroatoms. The molecule has 18 heavy (non-hydrogen) atoms. The van der Waals surface area contributed by atoms with E-state index >= 15 is 0 Å². The summed E-state index contributed by atoms with van der Waals surface area (Å²) in [6.07, 6.45) is 0. The largest absolute Gasteiger partial charge is 0.409 e. The summed E-state index contributed by atoms with van der Waals surface area (Å²) >= 11 is 0. The third kappa shape index (κ3) is 3.13. The average Bonchev–Trinajstić information content (AvgIpc) is 2.37. The Morgan fingerprint density at radius 1 is 1.56 bits per heavy atom. The molecule has 1 unspecified atom stereocenters. The number of hydrogen-bond donors (Lipinski definition) is 2. The second-order valence-electron chi connectivity index (χ2n) is 4.40. The lowest BCUT2D eigenvalue weighted by Crippen LogP contribution is -2.32. The van der Waals surface area contributed by atoms with Crippen molar-refractivity contribution in [3.63, 3.8) is 0 Å². The molecule has 0 aromatic heterocycles. The van der Waals surface area contributed by atoms with Gasteiger partial charge in [0.15, 0.2) is 5.84 Å². The second-order valence-corrected chi connectivity index (χ2v) is 4.40. The number of aryl methyl sites for hydroxylation is 1. The number of anilines is 1. The molecule has 0 heterocycles. The standard InChI is InChI=1S/C13H21N3O2/c1-9-7-11(16(3)10(2)8-18-4)5-6-12(9)13(14)15-17/h5-7,10,17H,8H2,1-4H3,(H2,14,15). The van der Waals surface area contributed by atoms with Gasteiger partial charge < -0.3 is 20.6 Å². The van der Waals surface area contributed by atoms with Gasteiger partial charge in [0.25, 0.3) is 0 Å². The first-order valence-corrected chi connectivity index (χ1v) is 5.81. The SMILES string of the molecule is COCC(C)N(C)c1ccc(/C(N)=N/O)c(C)c1. The molecule has 0 bridgehead atoms. The van der Waals surface area contributed by atoms with Crippen LogP contribution in [0.4, 0.5) is 5.69 Å². The predicted octanol–water partition coefficient (Wildman–Crippen LogP) is 1.56. The Bertz CT molecular complexity index is 432. The first kappa shape index (κ1) is 14.3. The fourth-order valence-electron chi connectivity index (χ4n) is 1.82. The predicted molar refractivity (Wildman–Crippen MR) is 73.4 cm³/mol. The molecule has 3 N–H and O–H groups in total. The van der Waals surface area contributed by atoms with Gasteiger partial charge in [0.2, 0.25) is 0 Å². The molecule has 0 radical (unpaired) electrons. The zero-order chi connectivity index (χ0) is 13.7. The van der Waals surface area contributed by atoms with Gasteiger partial charge in [-0.05, 0) is 37.6 Å². The van der Waals surface area contributed by atoms with Crippen molar-refractivity contribution in [3.8, 4) is 0 Å². The highest BCUT2D eigenvalue weighted by molar-refractivity contribution is 5.98. The number of amidine groups is 1. The third-order valence-corrected chi connectivity index (χ3v) is 3.07. The summed E-state index contributed by atoms with van der Waals surface area (Å²) in [5.41, 5.74) is 8.39. The Labute approximate surface area is 108 Å². The second kappa shape index (κ2) is 6.26. The maximum Gasteiger partial charge on any atom is 0.170 e. The van der Waals surface area contributed by atoms with Gasteiger partial charge in [0.1, 0.15) is 0 Å². The molecular weight excluding hydrogens is 230 g/mol. The molecular formula is C13H21N3O2. The number of oxime groups is 1. The van der Waals surface area contributed by atoms with Gasteiger partial charge in [0.05, 0.1) is 6.61 Å². The summed E-state index contributed by atoms with van der Waals surface area (Å²) in [7, 11) is 3.71. The zero-order valence-electron chi connectivity index (χ0n) is 11.3. The Hall–Kier alpha value is -1.75. The van der Waals surface area contributed by atoms with E-state index in [9.17, 15) is 0 Å². The first-order chi connectivity index (χ1) is 8.51. The number of hydrogen-bond acceptors (Lipinski definition) is 4. The normalized spacial score (nSPS) is 13.4. The summed E-state index contributed by atoms with van der Waals surface area (Å²) in [6.45, 7) is 4.69. The molecule has 0 aliphatic heterocycles. The van der Waals surface area contributed by atoms with Gasteiger partial charge in [-0.25, -0.2) is 0 Å². The molecule has 0 fully saturated rings. The highest BCUT2D eigenvalue weighted by Crippen LogP contribution is 2.20. The minimum atomic E-state index is 0.131. The summed E-state index contributed by atoms with van der Waals surface area (Å²) in [5.74, 6) is 0.131. The summed E-state index contributed by atoms with van der Waals surface area (Å²) in [6, 6.07) is 6.10. The number of likely N-dealkylation sites (N-methyl/N-ethyl adjacent to an activating group) is 1. The van der Waals surface area contributed by atoms with E-state index in [2.05, 4.69) is 17.0 Å². The number of benzene rings is 1. The van der Waals surface area contributed by atoms with Crippen LogP contribution in [-0.2, 0) is 4.74 Å². The number of methoxy groups -OCH3 is 1. The van der Waals surface area contributed by atoms with E-state index in [4.69, 9.17) is 15.7 Å². The lowest BCUT2D eigenvalue weighted by atomic mass is 10.1.